The fourth-order valence-electron chi connectivity index (χ4n) is 0.904. The van der Waals surface area contributed by atoms with Crippen LogP contribution in [0.15, 0.2) is 6.20 Å². The fraction of sp³-hybridized carbons (Fsp3) is 0.600. The van der Waals surface area contributed by atoms with Crippen LogP contribution in [0.3, 0.4) is 0 Å². The van der Waals surface area contributed by atoms with Crippen molar-refractivity contribution in [1.82, 2.24) is 10.3 Å². The maximum Gasteiger partial charge on any atom is 0.225 e. The zero-order valence-corrected chi connectivity index (χ0v) is 9.86. The Labute approximate surface area is 88.6 Å². The Morgan fingerprint density at radius 2 is 2.21 bits per heavy atom. The van der Waals surface area contributed by atoms with Gasteiger partial charge in [-0.05, 0) is 6.92 Å². The summed E-state index contributed by atoms with van der Waals surface area (Å²) in [5, 5.41) is 3.82. The number of rotatable bonds is 2. The van der Waals surface area contributed by atoms with Gasteiger partial charge in [-0.15, -0.1) is 11.3 Å². The molecule has 3 nitrogen and oxygen atoms in total. The maximum absolute atomic E-state index is 11.5. The summed E-state index contributed by atoms with van der Waals surface area (Å²) in [6, 6.07) is 0. The number of hydrogen-bond acceptors (Lipinski definition) is 3. The molecule has 0 bridgehead atoms. The van der Waals surface area contributed by atoms with Crippen LogP contribution < -0.4 is 5.32 Å². The van der Waals surface area contributed by atoms with E-state index in [4.69, 9.17) is 0 Å². The highest BCUT2D eigenvalue weighted by molar-refractivity contribution is 7.11. The van der Waals surface area contributed by atoms with Crippen molar-refractivity contribution in [1.29, 1.82) is 0 Å². The third-order valence-corrected chi connectivity index (χ3v) is 2.66. The summed E-state index contributed by atoms with van der Waals surface area (Å²) in [5.41, 5.74) is -0.327. The lowest BCUT2D eigenvalue weighted by Crippen LogP contribution is -2.34. The summed E-state index contributed by atoms with van der Waals surface area (Å²) in [6.07, 6.45) is 1.82. The molecule has 1 heterocycles. The van der Waals surface area contributed by atoms with Gasteiger partial charge in [0, 0.05) is 16.5 Å². The predicted octanol–water partition coefficient (Wildman–Crippen LogP) is 2.11. The lowest BCUT2D eigenvalue weighted by molar-refractivity contribution is -0.128. The van der Waals surface area contributed by atoms with Crippen LogP contribution in [-0.2, 0) is 11.3 Å². The van der Waals surface area contributed by atoms with Crippen molar-refractivity contribution in [2.75, 3.05) is 0 Å². The largest absolute Gasteiger partial charge is 0.349 e. The Morgan fingerprint density at radius 3 is 2.64 bits per heavy atom. The number of nitrogens with zero attached hydrogens (tertiary/aromatic N) is 1. The number of aromatic nitrogens is 1. The van der Waals surface area contributed by atoms with Crippen LogP contribution in [0.4, 0.5) is 0 Å². The van der Waals surface area contributed by atoms with Gasteiger partial charge in [0.15, 0.2) is 0 Å². The normalized spacial score (nSPS) is 11.4. The molecule has 1 rings (SSSR count). The number of hydrogen-bond donors (Lipinski definition) is 1. The topological polar surface area (TPSA) is 42.0 Å². The van der Waals surface area contributed by atoms with Crippen molar-refractivity contribution in [3.63, 3.8) is 0 Å². The average Bonchev–Trinajstić information content (AvgIpc) is 2.45. The molecule has 0 saturated carbocycles. The summed E-state index contributed by atoms with van der Waals surface area (Å²) in [5.74, 6) is 0.0605. The number of amides is 1. The molecule has 1 aromatic heterocycles. The molecule has 0 spiro atoms. The fourth-order valence-corrected chi connectivity index (χ4v) is 1.63. The Bertz CT molecular complexity index is 325. The van der Waals surface area contributed by atoms with Gasteiger partial charge < -0.3 is 5.32 Å². The molecule has 78 valence electrons. The highest BCUT2D eigenvalue weighted by Crippen LogP contribution is 2.14. The summed E-state index contributed by atoms with van der Waals surface area (Å²) in [7, 11) is 0. The van der Waals surface area contributed by atoms with Gasteiger partial charge >= 0.3 is 0 Å². The minimum atomic E-state index is -0.327. The van der Waals surface area contributed by atoms with E-state index in [0.717, 1.165) is 5.01 Å². The number of thiazole rings is 1. The lowest BCUT2D eigenvalue weighted by Gasteiger charge is -2.16. The highest BCUT2D eigenvalue weighted by Gasteiger charge is 2.20. The van der Waals surface area contributed by atoms with Gasteiger partial charge in [0.25, 0.3) is 0 Å². The summed E-state index contributed by atoms with van der Waals surface area (Å²) >= 11 is 1.61. The molecule has 0 aromatic carbocycles. The van der Waals surface area contributed by atoms with Crippen molar-refractivity contribution >= 4 is 17.2 Å². The van der Waals surface area contributed by atoms with E-state index in [1.54, 1.807) is 11.3 Å². The summed E-state index contributed by atoms with van der Waals surface area (Å²) in [6.45, 7) is 8.24. The minimum Gasteiger partial charge on any atom is -0.349 e. The van der Waals surface area contributed by atoms with Crippen molar-refractivity contribution in [3.8, 4) is 0 Å². The zero-order valence-electron chi connectivity index (χ0n) is 9.05. The Morgan fingerprint density at radius 1 is 1.57 bits per heavy atom. The molecular weight excluding hydrogens is 196 g/mol. The first-order chi connectivity index (χ1) is 6.39. The molecule has 0 unspecified atom stereocenters. The number of aryl methyl sites for hydroxylation is 1. The van der Waals surface area contributed by atoms with E-state index < -0.39 is 0 Å². The molecule has 0 radical (unpaired) electrons. The van der Waals surface area contributed by atoms with Crippen LogP contribution >= 0.6 is 11.3 Å². The molecular formula is C10H16N2OS. The molecule has 1 aromatic rings. The van der Waals surface area contributed by atoms with E-state index in [1.807, 2.05) is 33.9 Å². The predicted molar refractivity (Wildman–Crippen MR) is 58.2 cm³/mol. The highest BCUT2D eigenvalue weighted by atomic mass is 32.1. The van der Waals surface area contributed by atoms with E-state index in [9.17, 15) is 4.79 Å². The average molecular weight is 212 g/mol. The van der Waals surface area contributed by atoms with Crippen molar-refractivity contribution < 1.29 is 4.79 Å². The number of carbonyl (C=O) groups is 1. The first kappa shape index (κ1) is 11.2. The van der Waals surface area contributed by atoms with Crippen LogP contribution in [0.2, 0.25) is 0 Å². The second-order valence-electron chi connectivity index (χ2n) is 4.30. The smallest absolute Gasteiger partial charge is 0.225 e. The first-order valence-corrected chi connectivity index (χ1v) is 5.41. The molecule has 0 aliphatic carbocycles. The van der Waals surface area contributed by atoms with E-state index in [-0.39, 0.29) is 11.3 Å². The first-order valence-electron chi connectivity index (χ1n) is 4.59. The molecule has 1 amide bonds. The zero-order chi connectivity index (χ0) is 10.8. The second kappa shape index (κ2) is 4.09. The van der Waals surface area contributed by atoms with Gasteiger partial charge in [-0.2, -0.15) is 0 Å². The number of carbonyl (C=O) groups excluding carboxylic acids is 1. The standard InChI is InChI=1S/C10H16N2OS/c1-7-5-11-8(14-7)6-12-9(13)10(2,3)4/h5H,6H2,1-4H3,(H,12,13). The van der Waals surface area contributed by atoms with E-state index in [0.29, 0.717) is 6.54 Å². The van der Waals surface area contributed by atoms with Gasteiger partial charge in [-0.25, -0.2) is 4.98 Å². The van der Waals surface area contributed by atoms with Gasteiger partial charge in [0.05, 0.1) is 6.54 Å². The summed E-state index contributed by atoms with van der Waals surface area (Å²) in [4.78, 5) is 16.9. The monoisotopic (exact) mass is 212 g/mol. The molecule has 1 N–H and O–H groups in total. The quantitative estimate of drug-likeness (QED) is 0.816. The molecule has 14 heavy (non-hydrogen) atoms. The molecule has 0 aliphatic heterocycles. The maximum atomic E-state index is 11.5. The van der Waals surface area contributed by atoms with Crippen LogP contribution in [0.25, 0.3) is 0 Å². The van der Waals surface area contributed by atoms with Crippen LogP contribution in [-0.4, -0.2) is 10.9 Å². The van der Waals surface area contributed by atoms with Crippen LogP contribution in [0.5, 0.6) is 0 Å². The third kappa shape index (κ3) is 3.10. The summed E-state index contributed by atoms with van der Waals surface area (Å²) < 4.78 is 0. The SMILES string of the molecule is Cc1cnc(CNC(=O)C(C)(C)C)s1. The lowest BCUT2D eigenvalue weighted by atomic mass is 9.96. The molecule has 4 heteroatoms. The Hall–Kier alpha value is -0.900. The Kier molecular flexibility index (Phi) is 3.26. The Balaban J connectivity index is 2.46. The van der Waals surface area contributed by atoms with E-state index >= 15 is 0 Å². The molecule has 0 atom stereocenters. The van der Waals surface area contributed by atoms with Crippen molar-refractivity contribution in [3.05, 3.63) is 16.1 Å². The minimum absolute atomic E-state index is 0.0605. The second-order valence-corrected chi connectivity index (χ2v) is 5.62. The third-order valence-electron chi connectivity index (χ3n) is 1.75. The van der Waals surface area contributed by atoms with Gasteiger partial charge in [0.1, 0.15) is 5.01 Å². The molecule has 0 aliphatic rings. The van der Waals surface area contributed by atoms with Gasteiger partial charge in [-0.3, -0.25) is 4.79 Å². The molecule has 0 saturated heterocycles. The van der Waals surface area contributed by atoms with Crippen molar-refractivity contribution in [2.24, 2.45) is 5.41 Å². The van der Waals surface area contributed by atoms with E-state index in [1.165, 1.54) is 4.88 Å². The van der Waals surface area contributed by atoms with Crippen LogP contribution in [0.1, 0.15) is 30.7 Å². The van der Waals surface area contributed by atoms with Crippen LogP contribution in [0, 0.1) is 12.3 Å². The van der Waals surface area contributed by atoms with Gasteiger partial charge in [-0.1, -0.05) is 20.8 Å². The molecule has 0 fully saturated rings. The van der Waals surface area contributed by atoms with Gasteiger partial charge in [0.2, 0.25) is 5.91 Å². The van der Waals surface area contributed by atoms with Crippen molar-refractivity contribution in [2.45, 2.75) is 34.2 Å². The number of nitrogens with one attached hydrogen (secondary N) is 1. The van der Waals surface area contributed by atoms with E-state index in [2.05, 4.69) is 10.3 Å².